The third-order valence-corrected chi connectivity index (χ3v) is 5.06. The molecule has 0 aliphatic heterocycles. The number of aryl methyl sites for hydroxylation is 1. The van der Waals surface area contributed by atoms with E-state index < -0.39 is 0 Å². The van der Waals surface area contributed by atoms with E-state index in [-0.39, 0.29) is 0 Å². The van der Waals surface area contributed by atoms with Gasteiger partial charge in [0.1, 0.15) is 0 Å². The molecule has 1 aromatic heterocycles. The highest BCUT2D eigenvalue weighted by molar-refractivity contribution is 7.80. The first-order valence-corrected chi connectivity index (χ1v) is 7.46. The SMILES string of the molecule is Cn1ccs/c1=N\C(=S)NC1CC2CCC1C2. The fraction of sp³-hybridized carbons (Fsp3) is 0.667. The van der Waals surface area contributed by atoms with Gasteiger partial charge in [-0.15, -0.1) is 11.3 Å². The molecule has 3 atom stereocenters. The van der Waals surface area contributed by atoms with Crippen LogP contribution in [-0.2, 0) is 7.05 Å². The van der Waals surface area contributed by atoms with Crippen LogP contribution in [0.1, 0.15) is 25.7 Å². The quantitative estimate of drug-likeness (QED) is 0.789. The largest absolute Gasteiger partial charge is 0.358 e. The first kappa shape index (κ1) is 11.4. The lowest BCUT2D eigenvalue weighted by atomic mass is 9.96. The van der Waals surface area contributed by atoms with E-state index in [1.54, 1.807) is 11.3 Å². The van der Waals surface area contributed by atoms with E-state index >= 15 is 0 Å². The first-order valence-electron chi connectivity index (χ1n) is 6.18. The molecule has 0 radical (unpaired) electrons. The van der Waals surface area contributed by atoms with Crippen molar-refractivity contribution in [2.75, 3.05) is 0 Å². The Kier molecular flexibility index (Phi) is 3.04. The predicted molar refractivity (Wildman–Crippen MR) is 73.8 cm³/mol. The summed E-state index contributed by atoms with van der Waals surface area (Å²) in [6.07, 6.45) is 7.48. The maximum absolute atomic E-state index is 5.33. The molecule has 2 aliphatic carbocycles. The smallest absolute Gasteiger partial charge is 0.195 e. The average molecular weight is 267 g/mol. The molecule has 17 heavy (non-hydrogen) atoms. The molecule has 0 spiro atoms. The van der Waals surface area contributed by atoms with Crippen LogP contribution < -0.4 is 10.1 Å². The lowest BCUT2D eigenvalue weighted by Gasteiger charge is -2.22. The van der Waals surface area contributed by atoms with Gasteiger partial charge in [-0.2, -0.15) is 4.99 Å². The minimum absolute atomic E-state index is 0.579. The summed E-state index contributed by atoms with van der Waals surface area (Å²) in [5.41, 5.74) is 0. The number of hydrogen-bond donors (Lipinski definition) is 1. The van der Waals surface area contributed by atoms with Crippen molar-refractivity contribution >= 4 is 28.7 Å². The molecule has 1 N–H and O–H groups in total. The van der Waals surface area contributed by atoms with Gasteiger partial charge in [-0.3, -0.25) is 0 Å². The molecular weight excluding hydrogens is 250 g/mol. The summed E-state index contributed by atoms with van der Waals surface area (Å²) in [7, 11) is 2.00. The second kappa shape index (κ2) is 4.53. The van der Waals surface area contributed by atoms with Crippen LogP contribution in [0.4, 0.5) is 0 Å². The van der Waals surface area contributed by atoms with Crippen LogP contribution in [0, 0.1) is 11.8 Å². The normalized spacial score (nSPS) is 32.1. The Hall–Kier alpha value is -0.680. The van der Waals surface area contributed by atoms with E-state index in [0.717, 1.165) is 16.6 Å². The maximum atomic E-state index is 5.33. The third kappa shape index (κ3) is 2.31. The van der Waals surface area contributed by atoms with Crippen molar-refractivity contribution in [2.24, 2.45) is 23.9 Å². The van der Waals surface area contributed by atoms with Crippen LogP contribution in [0.2, 0.25) is 0 Å². The molecule has 5 heteroatoms. The van der Waals surface area contributed by atoms with E-state index in [1.807, 2.05) is 23.2 Å². The number of fused-ring (bicyclic) bond motifs is 2. The molecule has 0 amide bonds. The van der Waals surface area contributed by atoms with Gasteiger partial charge >= 0.3 is 0 Å². The Balaban J connectivity index is 1.67. The highest BCUT2D eigenvalue weighted by Gasteiger charge is 2.39. The van der Waals surface area contributed by atoms with E-state index in [2.05, 4.69) is 10.3 Å². The zero-order valence-electron chi connectivity index (χ0n) is 9.93. The molecule has 3 nitrogen and oxygen atoms in total. The van der Waals surface area contributed by atoms with Gasteiger partial charge in [0.2, 0.25) is 0 Å². The van der Waals surface area contributed by atoms with Gasteiger partial charge in [0.15, 0.2) is 9.91 Å². The van der Waals surface area contributed by atoms with Gasteiger partial charge in [0.05, 0.1) is 0 Å². The summed E-state index contributed by atoms with van der Waals surface area (Å²) in [5.74, 6) is 1.78. The number of thiocarbonyl (C=S) groups is 1. The molecule has 1 heterocycles. The highest BCUT2D eigenvalue weighted by atomic mass is 32.1. The van der Waals surface area contributed by atoms with Crippen molar-refractivity contribution < 1.29 is 0 Å². The summed E-state index contributed by atoms with van der Waals surface area (Å²) in [6, 6.07) is 0.579. The standard InChI is InChI=1S/C12H17N3S2/c1-15-4-5-17-12(15)14-11(16)13-10-7-8-2-3-9(10)6-8/h4-5,8-10H,2-3,6-7H2,1H3,(H,13,16)/b14-12-. The maximum Gasteiger partial charge on any atom is 0.195 e. The highest BCUT2D eigenvalue weighted by Crippen LogP contribution is 2.44. The van der Waals surface area contributed by atoms with Crippen molar-refractivity contribution in [3.8, 4) is 0 Å². The molecule has 3 rings (SSSR count). The average Bonchev–Trinajstić information content (AvgIpc) is 2.96. The zero-order chi connectivity index (χ0) is 11.8. The van der Waals surface area contributed by atoms with Crippen LogP contribution in [0.3, 0.4) is 0 Å². The Morgan fingerprint density at radius 3 is 3.00 bits per heavy atom. The molecule has 0 saturated heterocycles. The predicted octanol–water partition coefficient (Wildman–Crippen LogP) is 2.05. The van der Waals surface area contributed by atoms with Crippen LogP contribution in [0.5, 0.6) is 0 Å². The summed E-state index contributed by atoms with van der Waals surface area (Å²) < 4.78 is 2.00. The Morgan fingerprint density at radius 1 is 1.53 bits per heavy atom. The minimum Gasteiger partial charge on any atom is -0.358 e. The number of nitrogens with one attached hydrogen (secondary N) is 1. The number of nitrogens with zero attached hydrogens (tertiary/aromatic N) is 2. The van der Waals surface area contributed by atoms with Crippen LogP contribution in [0.15, 0.2) is 16.6 Å². The first-order chi connectivity index (χ1) is 8.22. The molecule has 2 bridgehead atoms. The van der Waals surface area contributed by atoms with Gasteiger partial charge in [-0.25, -0.2) is 0 Å². The third-order valence-electron chi connectivity index (χ3n) is 4.00. The molecule has 2 aliphatic rings. The van der Waals surface area contributed by atoms with Gasteiger partial charge in [-0.05, 0) is 43.3 Å². The van der Waals surface area contributed by atoms with Crippen molar-refractivity contribution in [3.05, 3.63) is 16.4 Å². The molecule has 0 aromatic carbocycles. The van der Waals surface area contributed by atoms with Crippen LogP contribution >= 0.6 is 23.6 Å². The van der Waals surface area contributed by atoms with Crippen molar-refractivity contribution in [1.82, 2.24) is 9.88 Å². The lowest BCUT2D eigenvalue weighted by molar-refractivity contribution is 0.391. The summed E-state index contributed by atoms with van der Waals surface area (Å²) in [5, 5.41) is 6.11. The Labute approximate surface area is 111 Å². The Morgan fingerprint density at radius 2 is 2.41 bits per heavy atom. The van der Waals surface area contributed by atoms with Crippen molar-refractivity contribution in [1.29, 1.82) is 0 Å². The fourth-order valence-corrected chi connectivity index (χ4v) is 4.17. The topological polar surface area (TPSA) is 29.3 Å². The van der Waals surface area contributed by atoms with Gasteiger partial charge in [-0.1, -0.05) is 6.42 Å². The zero-order valence-corrected chi connectivity index (χ0v) is 11.6. The summed E-state index contributed by atoms with van der Waals surface area (Å²) in [6.45, 7) is 0. The van der Waals surface area contributed by atoms with E-state index in [9.17, 15) is 0 Å². The molecule has 92 valence electrons. The van der Waals surface area contributed by atoms with E-state index in [4.69, 9.17) is 12.2 Å². The molecule has 3 unspecified atom stereocenters. The van der Waals surface area contributed by atoms with Crippen molar-refractivity contribution in [3.63, 3.8) is 0 Å². The van der Waals surface area contributed by atoms with Crippen molar-refractivity contribution in [2.45, 2.75) is 31.7 Å². The number of rotatable bonds is 1. The lowest BCUT2D eigenvalue weighted by Crippen LogP contribution is -2.37. The van der Waals surface area contributed by atoms with Crippen LogP contribution in [0.25, 0.3) is 0 Å². The summed E-state index contributed by atoms with van der Waals surface area (Å²) >= 11 is 6.95. The molecule has 1 aromatic rings. The molecule has 2 fully saturated rings. The van der Waals surface area contributed by atoms with Gasteiger partial charge < -0.3 is 9.88 Å². The molecular formula is C12H17N3S2. The minimum atomic E-state index is 0.579. The van der Waals surface area contributed by atoms with Gasteiger partial charge in [0, 0.05) is 24.7 Å². The number of thiazole rings is 1. The monoisotopic (exact) mass is 267 g/mol. The fourth-order valence-electron chi connectivity index (χ4n) is 3.13. The number of hydrogen-bond acceptors (Lipinski definition) is 2. The Bertz CT molecular complexity index is 488. The summed E-state index contributed by atoms with van der Waals surface area (Å²) in [4.78, 5) is 5.43. The molecule has 2 saturated carbocycles. The number of aromatic nitrogens is 1. The van der Waals surface area contributed by atoms with E-state index in [0.29, 0.717) is 11.2 Å². The second-order valence-electron chi connectivity index (χ2n) is 5.14. The second-order valence-corrected chi connectivity index (χ2v) is 6.40. The van der Waals surface area contributed by atoms with E-state index in [1.165, 1.54) is 25.7 Å². The van der Waals surface area contributed by atoms with Crippen LogP contribution in [-0.4, -0.2) is 15.7 Å². The van der Waals surface area contributed by atoms with Gasteiger partial charge in [0.25, 0.3) is 0 Å².